The summed E-state index contributed by atoms with van der Waals surface area (Å²) in [5, 5.41) is 3.63. The van der Waals surface area contributed by atoms with E-state index in [0.29, 0.717) is 12.1 Å². The Balaban J connectivity index is 1.71. The number of thioether (sulfide) groups is 1. The summed E-state index contributed by atoms with van der Waals surface area (Å²) in [6, 6.07) is 1.09. The molecule has 0 aromatic carbocycles. The van der Waals surface area contributed by atoms with Crippen LogP contribution in [0, 0.1) is 0 Å². The molecule has 0 aromatic heterocycles. The van der Waals surface area contributed by atoms with Gasteiger partial charge >= 0.3 is 0 Å². The number of hydrogen-bond acceptors (Lipinski definition) is 4. The second kappa shape index (κ2) is 5.95. The van der Waals surface area contributed by atoms with Crippen molar-refractivity contribution in [3.63, 3.8) is 0 Å². The predicted molar refractivity (Wildman–Crippen MR) is 58.9 cm³/mol. The first-order chi connectivity index (χ1) is 6.95. The average molecular weight is 217 g/mol. The molecular weight excluding hydrogens is 198 g/mol. The van der Waals surface area contributed by atoms with Crippen molar-refractivity contribution >= 4 is 11.8 Å². The van der Waals surface area contributed by atoms with Gasteiger partial charge in [-0.2, -0.15) is 11.8 Å². The molecule has 1 N–H and O–H groups in total. The normalized spacial score (nSPS) is 27.4. The van der Waals surface area contributed by atoms with Crippen LogP contribution >= 0.6 is 11.8 Å². The Labute approximate surface area is 89.9 Å². The van der Waals surface area contributed by atoms with Crippen LogP contribution in [-0.4, -0.2) is 50.0 Å². The van der Waals surface area contributed by atoms with Crippen molar-refractivity contribution in [3.05, 3.63) is 0 Å². The van der Waals surface area contributed by atoms with E-state index < -0.39 is 0 Å². The third-order valence-corrected chi connectivity index (χ3v) is 3.75. The van der Waals surface area contributed by atoms with E-state index in [1.54, 1.807) is 0 Å². The summed E-state index contributed by atoms with van der Waals surface area (Å²) in [4.78, 5) is 0. The lowest BCUT2D eigenvalue weighted by molar-refractivity contribution is 0.103. The van der Waals surface area contributed by atoms with Crippen LogP contribution in [0.25, 0.3) is 0 Å². The molecule has 4 heteroatoms. The SMILES string of the molecule is C1COCC(NC2CCSCC2)CO1. The Hall–Kier alpha value is 0.230. The summed E-state index contributed by atoms with van der Waals surface area (Å²) >= 11 is 2.06. The fourth-order valence-corrected chi connectivity index (χ4v) is 3.02. The number of hydrogen-bond donors (Lipinski definition) is 1. The monoisotopic (exact) mass is 217 g/mol. The van der Waals surface area contributed by atoms with E-state index in [2.05, 4.69) is 17.1 Å². The summed E-state index contributed by atoms with van der Waals surface area (Å²) in [5.74, 6) is 2.60. The maximum absolute atomic E-state index is 5.46. The second-order valence-corrected chi connectivity index (χ2v) is 5.12. The molecule has 2 fully saturated rings. The van der Waals surface area contributed by atoms with Crippen LogP contribution in [0.3, 0.4) is 0 Å². The molecule has 0 spiro atoms. The third-order valence-electron chi connectivity index (χ3n) is 2.70. The molecule has 2 saturated heterocycles. The van der Waals surface area contributed by atoms with Gasteiger partial charge in [0.05, 0.1) is 32.5 Å². The van der Waals surface area contributed by atoms with Crippen LogP contribution in [0.1, 0.15) is 12.8 Å². The highest BCUT2D eigenvalue weighted by atomic mass is 32.2. The van der Waals surface area contributed by atoms with Crippen molar-refractivity contribution in [1.82, 2.24) is 5.32 Å². The zero-order chi connectivity index (χ0) is 9.64. The molecule has 0 aromatic rings. The molecule has 0 bridgehead atoms. The Morgan fingerprint density at radius 2 is 1.57 bits per heavy atom. The molecule has 0 atom stereocenters. The molecule has 0 unspecified atom stereocenters. The molecule has 2 rings (SSSR count). The Morgan fingerprint density at radius 1 is 0.929 bits per heavy atom. The second-order valence-electron chi connectivity index (χ2n) is 3.90. The van der Waals surface area contributed by atoms with Crippen LogP contribution < -0.4 is 5.32 Å². The van der Waals surface area contributed by atoms with Crippen molar-refractivity contribution in [2.24, 2.45) is 0 Å². The smallest absolute Gasteiger partial charge is 0.0701 e. The molecule has 0 radical (unpaired) electrons. The van der Waals surface area contributed by atoms with Crippen molar-refractivity contribution in [3.8, 4) is 0 Å². The molecule has 0 saturated carbocycles. The van der Waals surface area contributed by atoms with Gasteiger partial charge in [0.25, 0.3) is 0 Å². The first-order valence-electron chi connectivity index (χ1n) is 5.44. The third kappa shape index (κ3) is 3.42. The lowest BCUT2D eigenvalue weighted by atomic mass is 10.1. The summed E-state index contributed by atoms with van der Waals surface area (Å²) < 4.78 is 10.9. The highest BCUT2D eigenvalue weighted by molar-refractivity contribution is 7.99. The van der Waals surface area contributed by atoms with Gasteiger partial charge in [0.15, 0.2) is 0 Å². The minimum Gasteiger partial charge on any atom is -0.377 e. The Bertz CT molecular complexity index is 154. The number of ether oxygens (including phenoxy) is 2. The van der Waals surface area contributed by atoms with Crippen molar-refractivity contribution in [1.29, 1.82) is 0 Å². The molecule has 2 heterocycles. The highest BCUT2D eigenvalue weighted by Gasteiger charge is 2.19. The molecule has 82 valence electrons. The Kier molecular flexibility index (Phi) is 4.57. The first-order valence-corrected chi connectivity index (χ1v) is 6.60. The summed E-state index contributed by atoms with van der Waals surface area (Å²) in [7, 11) is 0. The van der Waals surface area contributed by atoms with Crippen LogP contribution in [0.2, 0.25) is 0 Å². The van der Waals surface area contributed by atoms with Gasteiger partial charge in [0.2, 0.25) is 0 Å². The standard InChI is InChI=1S/C10H19NO2S/c1-5-14-6-2-9(1)11-10-7-12-3-4-13-8-10/h9-11H,1-8H2. The molecule has 14 heavy (non-hydrogen) atoms. The van der Waals surface area contributed by atoms with Crippen LogP contribution in [0.4, 0.5) is 0 Å². The van der Waals surface area contributed by atoms with Crippen molar-refractivity contribution < 1.29 is 9.47 Å². The summed E-state index contributed by atoms with van der Waals surface area (Å²) in [5.41, 5.74) is 0. The van der Waals surface area contributed by atoms with Gasteiger partial charge in [-0.25, -0.2) is 0 Å². The van der Waals surface area contributed by atoms with Crippen LogP contribution in [-0.2, 0) is 9.47 Å². The average Bonchev–Trinajstić information content (AvgIpc) is 2.48. The summed E-state index contributed by atoms with van der Waals surface area (Å²) in [6.45, 7) is 3.12. The van der Waals surface area contributed by atoms with Gasteiger partial charge in [0, 0.05) is 6.04 Å². The van der Waals surface area contributed by atoms with E-state index in [9.17, 15) is 0 Å². The van der Waals surface area contributed by atoms with E-state index in [-0.39, 0.29) is 0 Å². The van der Waals surface area contributed by atoms with Gasteiger partial charge in [-0.1, -0.05) is 0 Å². The van der Waals surface area contributed by atoms with Crippen LogP contribution in [0.15, 0.2) is 0 Å². The molecule has 0 amide bonds. The van der Waals surface area contributed by atoms with Crippen LogP contribution in [0.5, 0.6) is 0 Å². The Morgan fingerprint density at radius 3 is 2.21 bits per heavy atom. The molecule has 3 nitrogen and oxygen atoms in total. The van der Waals surface area contributed by atoms with Gasteiger partial charge < -0.3 is 14.8 Å². The molecular formula is C10H19NO2S. The van der Waals surface area contributed by atoms with Gasteiger partial charge in [0.1, 0.15) is 0 Å². The largest absolute Gasteiger partial charge is 0.377 e. The lowest BCUT2D eigenvalue weighted by Gasteiger charge is -2.27. The minimum atomic E-state index is 0.408. The minimum absolute atomic E-state index is 0.408. The zero-order valence-electron chi connectivity index (χ0n) is 8.54. The first kappa shape index (κ1) is 10.7. The zero-order valence-corrected chi connectivity index (χ0v) is 9.35. The van der Waals surface area contributed by atoms with E-state index in [4.69, 9.17) is 9.47 Å². The number of rotatable bonds is 2. The predicted octanol–water partition coefficient (Wildman–Crippen LogP) is 0.887. The number of nitrogens with one attached hydrogen (secondary N) is 1. The van der Waals surface area contributed by atoms with E-state index in [0.717, 1.165) is 26.4 Å². The van der Waals surface area contributed by atoms with Gasteiger partial charge in [-0.3, -0.25) is 0 Å². The molecule has 0 aliphatic carbocycles. The van der Waals surface area contributed by atoms with E-state index in [1.807, 2.05) is 0 Å². The fourth-order valence-electron chi connectivity index (χ4n) is 1.91. The maximum atomic E-state index is 5.46. The fraction of sp³-hybridized carbons (Fsp3) is 1.00. The molecule has 2 aliphatic heterocycles. The lowest BCUT2D eigenvalue weighted by Crippen LogP contribution is -2.44. The van der Waals surface area contributed by atoms with Gasteiger partial charge in [-0.15, -0.1) is 0 Å². The highest BCUT2D eigenvalue weighted by Crippen LogP contribution is 2.17. The maximum Gasteiger partial charge on any atom is 0.0701 e. The van der Waals surface area contributed by atoms with E-state index >= 15 is 0 Å². The van der Waals surface area contributed by atoms with Crippen molar-refractivity contribution in [2.45, 2.75) is 24.9 Å². The van der Waals surface area contributed by atoms with Gasteiger partial charge in [-0.05, 0) is 24.3 Å². The van der Waals surface area contributed by atoms with E-state index in [1.165, 1.54) is 24.3 Å². The molecule has 2 aliphatic rings. The summed E-state index contributed by atoms with van der Waals surface area (Å²) in [6.07, 6.45) is 2.59. The topological polar surface area (TPSA) is 30.5 Å². The quantitative estimate of drug-likeness (QED) is 0.744. The van der Waals surface area contributed by atoms with Crippen molar-refractivity contribution in [2.75, 3.05) is 37.9 Å².